The van der Waals surface area contributed by atoms with Crippen molar-refractivity contribution in [3.63, 3.8) is 0 Å². The van der Waals surface area contributed by atoms with Crippen LogP contribution in [-0.4, -0.2) is 23.5 Å². The van der Waals surface area contributed by atoms with Gasteiger partial charge in [-0.1, -0.05) is 43.9 Å². The van der Waals surface area contributed by atoms with E-state index in [9.17, 15) is 4.79 Å². The van der Waals surface area contributed by atoms with Crippen molar-refractivity contribution < 1.29 is 4.79 Å². The highest BCUT2D eigenvalue weighted by molar-refractivity contribution is 6.05. The molecule has 0 saturated heterocycles. The van der Waals surface area contributed by atoms with Gasteiger partial charge in [-0.3, -0.25) is 4.79 Å². The zero-order valence-corrected chi connectivity index (χ0v) is 15.3. The van der Waals surface area contributed by atoms with Gasteiger partial charge in [0.2, 0.25) is 0 Å². The Morgan fingerprint density at radius 2 is 1.81 bits per heavy atom. The lowest BCUT2D eigenvalue weighted by atomic mass is 10.0. The summed E-state index contributed by atoms with van der Waals surface area (Å²) < 4.78 is 0. The van der Waals surface area contributed by atoms with Crippen LogP contribution in [-0.2, 0) is 6.42 Å². The number of carbonyl (C=O) groups is 1. The van der Waals surface area contributed by atoms with Gasteiger partial charge in [0, 0.05) is 18.3 Å². The van der Waals surface area contributed by atoms with Gasteiger partial charge >= 0.3 is 0 Å². The Kier molecular flexibility index (Phi) is 5.19. The molecule has 136 valence electrons. The molecule has 1 aromatic heterocycles. The van der Waals surface area contributed by atoms with Gasteiger partial charge in [-0.2, -0.15) is 0 Å². The quantitative estimate of drug-likeness (QED) is 0.809. The first-order chi connectivity index (χ1) is 12.8. The Morgan fingerprint density at radius 3 is 2.58 bits per heavy atom. The van der Waals surface area contributed by atoms with Crippen molar-refractivity contribution in [1.82, 2.24) is 4.98 Å². The van der Waals surface area contributed by atoms with E-state index in [0.717, 1.165) is 30.8 Å². The van der Waals surface area contributed by atoms with Crippen LogP contribution in [0.1, 0.15) is 61.0 Å². The smallest absolute Gasteiger partial charge is 0.276 e. The molecular weight excluding hydrogens is 322 g/mol. The van der Waals surface area contributed by atoms with E-state index in [0.29, 0.717) is 11.7 Å². The fourth-order valence-corrected chi connectivity index (χ4v) is 4.15. The first-order valence-corrected chi connectivity index (χ1v) is 9.93. The summed E-state index contributed by atoms with van der Waals surface area (Å²) in [5, 5.41) is 3.59. The van der Waals surface area contributed by atoms with Crippen LogP contribution in [0.4, 0.5) is 11.4 Å². The second-order valence-corrected chi connectivity index (χ2v) is 7.45. The fourth-order valence-electron chi connectivity index (χ4n) is 4.15. The van der Waals surface area contributed by atoms with Crippen LogP contribution in [0.3, 0.4) is 0 Å². The van der Waals surface area contributed by atoms with Gasteiger partial charge in [0.05, 0.1) is 11.9 Å². The molecule has 26 heavy (non-hydrogen) atoms. The third-order valence-electron chi connectivity index (χ3n) is 5.56. The third kappa shape index (κ3) is 3.74. The third-order valence-corrected chi connectivity index (χ3v) is 5.56. The molecule has 0 bridgehead atoms. The van der Waals surface area contributed by atoms with Crippen molar-refractivity contribution in [3.8, 4) is 0 Å². The van der Waals surface area contributed by atoms with E-state index < -0.39 is 0 Å². The van der Waals surface area contributed by atoms with Crippen molar-refractivity contribution >= 4 is 17.3 Å². The number of hydrogen-bond donors (Lipinski definition) is 1. The van der Waals surface area contributed by atoms with Crippen LogP contribution in [0.5, 0.6) is 0 Å². The molecule has 1 aliphatic heterocycles. The van der Waals surface area contributed by atoms with Crippen molar-refractivity contribution in [2.45, 2.75) is 57.4 Å². The highest BCUT2D eigenvalue weighted by Gasteiger charge is 2.24. The monoisotopic (exact) mass is 349 g/mol. The molecule has 1 amide bonds. The van der Waals surface area contributed by atoms with Gasteiger partial charge < -0.3 is 10.2 Å². The topological polar surface area (TPSA) is 45.2 Å². The molecule has 2 heterocycles. The minimum atomic E-state index is -0.00170. The van der Waals surface area contributed by atoms with E-state index in [1.807, 2.05) is 41.4 Å². The predicted molar refractivity (Wildman–Crippen MR) is 106 cm³/mol. The summed E-state index contributed by atoms with van der Waals surface area (Å²) in [4.78, 5) is 19.3. The lowest BCUT2D eigenvalue weighted by molar-refractivity contribution is 0.0980. The summed E-state index contributed by atoms with van der Waals surface area (Å²) in [7, 11) is 0. The Hall–Kier alpha value is -2.36. The largest absolute Gasteiger partial charge is 0.381 e. The zero-order chi connectivity index (χ0) is 17.8. The molecule has 0 atom stereocenters. The average molecular weight is 349 g/mol. The Balaban J connectivity index is 1.46. The fraction of sp³-hybridized carbons (Fsp3) is 0.455. The van der Waals surface area contributed by atoms with Crippen molar-refractivity contribution in [2.75, 3.05) is 16.8 Å². The number of aryl methyl sites for hydroxylation is 1. The molecular formula is C22H27N3O. The standard InChI is InChI=1S/C22H27N3O/c26-22(25-15-7-9-17-8-5-6-12-21(17)25)20-14-13-19(16-23-20)24-18-10-3-1-2-4-11-18/h5-6,8,12-14,16,18,24H,1-4,7,9-11,15H2. The van der Waals surface area contributed by atoms with Gasteiger partial charge in [0.25, 0.3) is 5.91 Å². The van der Waals surface area contributed by atoms with Crippen LogP contribution >= 0.6 is 0 Å². The number of nitrogens with one attached hydrogen (secondary N) is 1. The molecule has 4 rings (SSSR count). The van der Waals surface area contributed by atoms with Crippen molar-refractivity contribution in [1.29, 1.82) is 0 Å². The number of benzene rings is 1. The Bertz CT molecular complexity index is 748. The van der Waals surface area contributed by atoms with Gasteiger partial charge in [0.1, 0.15) is 5.69 Å². The SMILES string of the molecule is O=C(c1ccc(NC2CCCCCC2)cn1)N1CCCc2ccccc21. The number of para-hydroxylation sites is 1. The van der Waals surface area contributed by atoms with Crippen LogP contribution < -0.4 is 10.2 Å². The summed E-state index contributed by atoms with van der Waals surface area (Å²) in [6.45, 7) is 0.763. The molecule has 1 fully saturated rings. The minimum Gasteiger partial charge on any atom is -0.381 e. The van der Waals surface area contributed by atoms with Gasteiger partial charge in [-0.25, -0.2) is 4.98 Å². The number of pyridine rings is 1. The summed E-state index contributed by atoms with van der Waals surface area (Å²) >= 11 is 0. The van der Waals surface area contributed by atoms with Gasteiger partial charge in [0.15, 0.2) is 0 Å². The number of anilines is 2. The maximum atomic E-state index is 13.0. The molecule has 1 saturated carbocycles. The summed E-state index contributed by atoms with van der Waals surface area (Å²) in [6, 6.07) is 12.6. The highest BCUT2D eigenvalue weighted by atomic mass is 16.2. The molecule has 4 nitrogen and oxygen atoms in total. The molecule has 0 spiro atoms. The van der Waals surface area contributed by atoms with Crippen LogP contribution in [0.25, 0.3) is 0 Å². The molecule has 1 aromatic carbocycles. The van der Waals surface area contributed by atoms with Crippen molar-refractivity contribution in [2.24, 2.45) is 0 Å². The Morgan fingerprint density at radius 1 is 1.00 bits per heavy atom. The maximum absolute atomic E-state index is 13.0. The summed E-state index contributed by atoms with van der Waals surface area (Å²) in [6.07, 6.45) is 11.6. The van der Waals surface area contributed by atoms with E-state index >= 15 is 0 Å². The number of hydrogen-bond acceptors (Lipinski definition) is 3. The first-order valence-electron chi connectivity index (χ1n) is 9.93. The lowest BCUT2D eigenvalue weighted by Gasteiger charge is -2.29. The molecule has 0 unspecified atom stereocenters. The van der Waals surface area contributed by atoms with Crippen LogP contribution in [0, 0.1) is 0 Å². The van der Waals surface area contributed by atoms with E-state index in [-0.39, 0.29) is 5.91 Å². The van der Waals surface area contributed by atoms with E-state index in [2.05, 4.69) is 16.4 Å². The number of rotatable bonds is 3. The molecule has 1 aliphatic carbocycles. The molecule has 1 N–H and O–H groups in total. The zero-order valence-electron chi connectivity index (χ0n) is 15.3. The second kappa shape index (κ2) is 7.90. The number of fused-ring (bicyclic) bond motifs is 1. The molecule has 4 heteroatoms. The molecule has 0 radical (unpaired) electrons. The molecule has 2 aliphatic rings. The predicted octanol–water partition coefficient (Wildman–Crippen LogP) is 4.81. The number of amides is 1. The van der Waals surface area contributed by atoms with Crippen molar-refractivity contribution in [3.05, 3.63) is 53.9 Å². The van der Waals surface area contributed by atoms with Crippen LogP contribution in [0.15, 0.2) is 42.6 Å². The molecule has 2 aromatic rings. The van der Waals surface area contributed by atoms with E-state index in [1.54, 1.807) is 0 Å². The van der Waals surface area contributed by atoms with E-state index in [4.69, 9.17) is 0 Å². The highest BCUT2D eigenvalue weighted by Crippen LogP contribution is 2.28. The van der Waals surface area contributed by atoms with E-state index in [1.165, 1.54) is 44.1 Å². The van der Waals surface area contributed by atoms with Crippen LogP contribution in [0.2, 0.25) is 0 Å². The normalized spacial score (nSPS) is 18.1. The van der Waals surface area contributed by atoms with Gasteiger partial charge in [-0.15, -0.1) is 0 Å². The summed E-state index contributed by atoms with van der Waals surface area (Å²) in [5.74, 6) is -0.00170. The van der Waals surface area contributed by atoms with Gasteiger partial charge in [-0.05, 0) is 49.4 Å². The average Bonchev–Trinajstić information content (AvgIpc) is 2.96. The number of nitrogens with zero attached hydrogens (tertiary/aromatic N) is 2. The first kappa shape index (κ1) is 17.1. The number of carbonyl (C=O) groups excluding carboxylic acids is 1. The number of aromatic nitrogens is 1. The Labute approximate surface area is 155 Å². The summed E-state index contributed by atoms with van der Waals surface area (Å²) in [5.41, 5.74) is 3.82. The second-order valence-electron chi connectivity index (χ2n) is 7.45. The minimum absolute atomic E-state index is 0.00170. The maximum Gasteiger partial charge on any atom is 0.276 e. The lowest BCUT2D eigenvalue weighted by Crippen LogP contribution is -2.35.